The van der Waals surface area contributed by atoms with Crippen molar-refractivity contribution < 1.29 is 13.9 Å². The van der Waals surface area contributed by atoms with Gasteiger partial charge in [0.05, 0.1) is 7.11 Å². The molecule has 0 amide bonds. The van der Waals surface area contributed by atoms with Crippen molar-refractivity contribution in [3.05, 3.63) is 106 Å². The molecule has 3 atom stereocenters. The van der Waals surface area contributed by atoms with Gasteiger partial charge >= 0.3 is 0 Å². The molecule has 190 valence electrons. The van der Waals surface area contributed by atoms with E-state index in [1.54, 1.807) is 12.1 Å². The lowest BCUT2D eigenvalue weighted by molar-refractivity contribution is 0.0855. The van der Waals surface area contributed by atoms with Crippen molar-refractivity contribution in [2.45, 2.75) is 51.9 Å². The minimum absolute atomic E-state index is 0.125. The number of hydrogen-bond acceptors (Lipinski definition) is 2. The minimum Gasteiger partial charge on any atom is -0.494 e. The molecule has 2 aromatic rings. The Balaban J connectivity index is 1.15. The van der Waals surface area contributed by atoms with Crippen molar-refractivity contribution >= 4 is 11.4 Å². The van der Waals surface area contributed by atoms with Gasteiger partial charge in [-0.25, -0.2) is 4.39 Å². The molecule has 2 nitrogen and oxygen atoms in total. The van der Waals surface area contributed by atoms with Gasteiger partial charge in [0.25, 0.3) is 0 Å². The van der Waals surface area contributed by atoms with E-state index in [4.69, 9.17) is 4.74 Å². The maximum absolute atomic E-state index is 14.4. The predicted octanol–water partition coefficient (Wildman–Crippen LogP) is 8.22. The van der Waals surface area contributed by atoms with Crippen LogP contribution < -0.4 is 4.74 Å². The first-order valence-corrected chi connectivity index (χ1v) is 13.8. The van der Waals surface area contributed by atoms with E-state index >= 15 is 0 Å². The van der Waals surface area contributed by atoms with Gasteiger partial charge in [-0.1, -0.05) is 67.5 Å². The molecule has 3 heteroatoms. The van der Waals surface area contributed by atoms with E-state index in [1.807, 2.05) is 6.07 Å². The normalized spacial score (nSPS) is 24.7. The average Bonchev–Trinajstić information content (AvgIpc) is 3.67. The third-order valence-corrected chi connectivity index (χ3v) is 8.89. The van der Waals surface area contributed by atoms with Crippen LogP contribution in [0, 0.1) is 36.4 Å². The third kappa shape index (κ3) is 4.77. The molecule has 2 aromatic carbocycles. The molecule has 3 unspecified atom stereocenters. The summed E-state index contributed by atoms with van der Waals surface area (Å²) < 4.78 is 19.5. The van der Waals surface area contributed by atoms with Crippen molar-refractivity contribution in [3.8, 4) is 5.75 Å². The maximum atomic E-state index is 14.4. The number of rotatable bonds is 7. The SMILES string of the molecule is COc1ccc(C2=CC=C3C(Cc4ccc(C(=O)C5CCCC(C6CC6)C5)c(C)c4)=CC=CC32)cc1F. The van der Waals surface area contributed by atoms with Gasteiger partial charge in [0.1, 0.15) is 0 Å². The van der Waals surface area contributed by atoms with Crippen LogP contribution in [0.5, 0.6) is 5.75 Å². The van der Waals surface area contributed by atoms with Crippen molar-refractivity contribution in [3.63, 3.8) is 0 Å². The molecule has 2 saturated carbocycles. The van der Waals surface area contributed by atoms with E-state index in [9.17, 15) is 9.18 Å². The highest BCUT2D eigenvalue weighted by Crippen LogP contribution is 2.46. The number of carbonyl (C=O) groups excluding carboxylic acids is 1. The lowest BCUT2D eigenvalue weighted by Crippen LogP contribution is -2.24. The Labute approximate surface area is 219 Å². The van der Waals surface area contributed by atoms with Gasteiger partial charge in [-0.15, -0.1) is 0 Å². The smallest absolute Gasteiger partial charge is 0.166 e. The number of methoxy groups -OCH3 is 1. The van der Waals surface area contributed by atoms with Crippen LogP contribution in [0.3, 0.4) is 0 Å². The zero-order valence-corrected chi connectivity index (χ0v) is 21.8. The van der Waals surface area contributed by atoms with Gasteiger partial charge < -0.3 is 4.74 Å². The number of allylic oxidation sites excluding steroid dienone is 8. The fourth-order valence-electron chi connectivity index (χ4n) is 6.74. The van der Waals surface area contributed by atoms with Crippen LogP contribution in [0.1, 0.15) is 65.6 Å². The zero-order chi connectivity index (χ0) is 25.5. The number of aryl methyl sites for hydroxylation is 1. The molecule has 0 spiro atoms. The van der Waals surface area contributed by atoms with Gasteiger partial charge in [-0.3, -0.25) is 4.79 Å². The number of ether oxygens (including phenoxy) is 1. The zero-order valence-electron chi connectivity index (χ0n) is 21.8. The van der Waals surface area contributed by atoms with Crippen LogP contribution in [0.2, 0.25) is 0 Å². The van der Waals surface area contributed by atoms with Crippen LogP contribution >= 0.6 is 0 Å². The summed E-state index contributed by atoms with van der Waals surface area (Å²) >= 11 is 0. The van der Waals surface area contributed by atoms with E-state index in [0.717, 1.165) is 53.4 Å². The Kier molecular flexibility index (Phi) is 6.48. The van der Waals surface area contributed by atoms with E-state index in [0.29, 0.717) is 5.78 Å². The fourth-order valence-corrected chi connectivity index (χ4v) is 6.74. The molecule has 0 saturated heterocycles. The number of Topliss-reactive ketones (excluding diaryl/α,β-unsaturated/α-hetero) is 1. The second-order valence-corrected chi connectivity index (χ2v) is 11.3. The van der Waals surface area contributed by atoms with Gasteiger partial charge in [-0.05, 0) is 96.4 Å². The van der Waals surface area contributed by atoms with Crippen LogP contribution in [-0.2, 0) is 6.42 Å². The Morgan fingerprint density at radius 2 is 1.81 bits per heavy atom. The number of fused-ring (bicyclic) bond motifs is 1. The van der Waals surface area contributed by atoms with E-state index < -0.39 is 0 Å². The first kappa shape index (κ1) is 24.2. The first-order chi connectivity index (χ1) is 18.0. The molecule has 37 heavy (non-hydrogen) atoms. The molecular weight excluding hydrogens is 459 g/mol. The summed E-state index contributed by atoms with van der Waals surface area (Å²) in [6.07, 6.45) is 19.0. The quantitative estimate of drug-likeness (QED) is 0.363. The Hall–Kier alpha value is -3.20. The molecule has 4 aliphatic carbocycles. The molecular formula is C34H35FO2. The number of ketones is 1. The van der Waals surface area contributed by atoms with Crippen molar-refractivity contribution in [1.82, 2.24) is 0 Å². The summed E-state index contributed by atoms with van der Waals surface area (Å²) in [5.74, 6) is 2.27. The highest BCUT2D eigenvalue weighted by atomic mass is 19.1. The van der Waals surface area contributed by atoms with Crippen LogP contribution in [0.4, 0.5) is 4.39 Å². The maximum Gasteiger partial charge on any atom is 0.166 e. The average molecular weight is 495 g/mol. The lowest BCUT2D eigenvalue weighted by atomic mass is 9.75. The molecule has 0 radical (unpaired) electrons. The highest BCUT2D eigenvalue weighted by molar-refractivity contribution is 5.99. The second kappa shape index (κ2) is 9.93. The van der Waals surface area contributed by atoms with Gasteiger partial charge in [0, 0.05) is 17.4 Å². The van der Waals surface area contributed by atoms with E-state index in [-0.39, 0.29) is 23.4 Å². The van der Waals surface area contributed by atoms with Crippen molar-refractivity contribution in [1.29, 1.82) is 0 Å². The Bertz CT molecular complexity index is 1350. The summed E-state index contributed by atoms with van der Waals surface area (Å²) in [7, 11) is 1.48. The number of halogens is 1. The molecule has 0 aliphatic heterocycles. The van der Waals surface area contributed by atoms with Crippen molar-refractivity contribution in [2.24, 2.45) is 23.7 Å². The molecule has 4 aliphatic rings. The third-order valence-electron chi connectivity index (χ3n) is 8.89. The summed E-state index contributed by atoms with van der Waals surface area (Å²) in [5.41, 5.74) is 7.74. The Morgan fingerprint density at radius 1 is 0.973 bits per heavy atom. The standard InChI is InChI=1S/C34H35FO2/c1-21-17-22(9-13-28(21)34(36)27-7-3-5-24(19-27)23-10-11-23)18-25-6-4-8-31-29(25)14-15-30(31)26-12-16-33(37-2)32(35)20-26/h4,6,8-9,12-17,20,23-24,27,31H,3,5,7,10-11,18-19H2,1-2H3. The monoisotopic (exact) mass is 494 g/mol. The molecule has 6 rings (SSSR count). The lowest BCUT2D eigenvalue weighted by Gasteiger charge is -2.28. The van der Waals surface area contributed by atoms with Gasteiger partial charge in [0.15, 0.2) is 17.3 Å². The summed E-state index contributed by atoms with van der Waals surface area (Å²) in [6.45, 7) is 2.09. The van der Waals surface area contributed by atoms with E-state index in [1.165, 1.54) is 49.5 Å². The summed E-state index contributed by atoms with van der Waals surface area (Å²) in [6, 6.07) is 11.6. The molecule has 0 aromatic heterocycles. The molecule has 0 N–H and O–H groups in total. The van der Waals surface area contributed by atoms with Crippen molar-refractivity contribution in [2.75, 3.05) is 7.11 Å². The van der Waals surface area contributed by atoms with Gasteiger partial charge in [-0.2, -0.15) is 0 Å². The van der Waals surface area contributed by atoms with Gasteiger partial charge in [0.2, 0.25) is 0 Å². The van der Waals surface area contributed by atoms with E-state index in [2.05, 4.69) is 55.5 Å². The highest BCUT2D eigenvalue weighted by Gasteiger charge is 2.37. The Morgan fingerprint density at radius 3 is 2.57 bits per heavy atom. The number of benzene rings is 2. The van der Waals surface area contributed by atoms with Crippen LogP contribution in [0.25, 0.3) is 5.57 Å². The number of carbonyl (C=O) groups is 1. The molecule has 0 bridgehead atoms. The molecule has 2 fully saturated rings. The largest absolute Gasteiger partial charge is 0.494 e. The minimum atomic E-state index is -0.341. The summed E-state index contributed by atoms with van der Waals surface area (Å²) in [5, 5.41) is 0. The van der Waals surface area contributed by atoms with Crippen LogP contribution in [-0.4, -0.2) is 12.9 Å². The van der Waals surface area contributed by atoms with Crippen LogP contribution in [0.15, 0.2) is 77.9 Å². The number of hydrogen-bond donors (Lipinski definition) is 0. The topological polar surface area (TPSA) is 26.3 Å². The first-order valence-electron chi connectivity index (χ1n) is 13.8. The predicted molar refractivity (Wildman–Crippen MR) is 147 cm³/mol. The second-order valence-electron chi connectivity index (χ2n) is 11.3. The summed E-state index contributed by atoms with van der Waals surface area (Å²) in [4.78, 5) is 13.4. The fraction of sp³-hybridized carbons (Fsp3) is 0.382. The molecule has 0 heterocycles.